The Morgan fingerprint density at radius 1 is 0.279 bits per heavy atom. The molecule has 34 unspecified atom stereocenters. The predicted octanol–water partition coefficient (Wildman–Crippen LogP) is 34.7. The third-order valence-electron chi connectivity index (χ3n) is 41.3. The average Bonchev–Trinajstić information content (AvgIpc) is 1.50. The average molecular weight is 1940 g/mol. The number of hydrogen-bond acceptors (Lipinski definition) is 6. The third kappa shape index (κ3) is 21.5. The first-order valence-electron chi connectivity index (χ1n) is 56.7. The molecular formula is C124H188O6Si6. The molecule has 6 bridgehead atoms. The van der Waals surface area contributed by atoms with Gasteiger partial charge in [-0.05, 0) is 391 Å². The van der Waals surface area contributed by atoms with Gasteiger partial charge in [0.1, 0.15) is 0 Å². The third-order valence-corrected chi connectivity index (χ3v) is 67.9. The number of hydrogen-bond donors (Lipinski definition) is 0. The lowest BCUT2D eigenvalue weighted by atomic mass is 9.77. The molecule has 0 aliphatic heterocycles. The highest BCUT2D eigenvalue weighted by Gasteiger charge is 2.58. The second kappa shape index (κ2) is 43.8. The minimum Gasteiger partial charge on any atom is -0.545 e. The minimum atomic E-state index is -1.97. The van der Waals surface area contributed by atoms with Crippen LogP contribution in [-0.4, -0.2) is 74.3 Å². The molecule has 10 fully saturated rings. The summed E-state index contributed by atoms with van der Waals surface area (Å²) in [6.45, 7) is 58.5. The zero-order valence-corrected chi connectivity index (χ0v) is 94.5. The largest absolute Gasteiger partial charge is 0.545 e. The van der Waals surface area contributed by atoms with Gasteiger partial charge in [0.15, 0.2) is 25.0 Å². The minimum absolute atomic E-state index is 0.406. The maximum atomic E-state index is 7.39. The molecule has 136 heavy (non-hydrogen) atoms. The van der Waals surface area contributed by atoms with Crippen molar-refractivity contribution < 1.29 is 26.6 Å². The molecule has 0 heterocycles. The van der Waals surface area contributed by atoms with E-state index < -0.39 is 49.9 Å². The molecule has 0 aromatic heterocycles. The molecule has 0 aromatic rings. The van der Waals surface area contributed by atoms with E-state index in [9.17, 15) is 0 Å². The normalized spacial score (nSPS) is 39.3. The monoisotopic (exact) mass is 1940 g/mol. The second-order valence-electron chi connectivity index (χ2n) is 51.5. The first-order valence-corrected chi connectivity index (χ1v) is 72.5. The lowest BCUT2D eigenvalue weighted by Crippen LogP contribution is -2.48. The van der Waals surface area contributed by atoms with Crippen LogP contribution >= 0.6 is 0 Å². The Hall–Kier alpha value is -4.46. The van der Waals surface area contributed by atoms with Crippen molar-refractivity contribution in [1.82, 2.24) is 0 Å². The zero-order valence-electron chi connectivity index (χ0n) is 88.5. The fourth-order valence-corrected chi connectivity index (χ4v) is 55.9. The van der Waals surface area contributed by atoms with Crippen molar-refractivity contribution in [3.8, 4) is 0 Å². The fraction of sp³-hybridized carbons (Fsp3) is 0.677. The van der Waals surface area contributed by atoms with E-state index in [1.165, 1.54) is 153 Å². The molecule has 744 valence electrons. The summed E-state index contributed by atoms with van der Waals surface area (Å²) in [5.41, 5.74) is 6.02. The molecule has 0 radical (unpaired) electrons. The molecule has 10 saturated carbocycles. The van der Waals surface area contributed by atoms with Crippen LogP contribution in [-0.2, 0) is 26.6 Å². The highest BCUT2D eigenvalue weighted by Crippen LogP contribution is 2.62. The van der Waals surface area contributed by atoms with Crippen molar-refractivity contribution in [1.29, 1.82) is 0 Å². The van der Waals surface area contributed by atoms with E-state index in [0.717, 1.165) is 124 Å². The van der Waals surface area contributed by atoms with Crippen LogP contribution in [0.4, 0.5) is 0 Å². The Morgan fingerprint density at radius 2 is 0.625 bits per heavy atom. The zero-order chi connectivity index (χ0) is 95.9. The standard InChI is InChI=1S/C38H54O2Si2.C38H62O2Si2.C30H46OSi.C18H26OSi/c1-41(2,37-21-25-13-15-29(37)19-25)39-35-23-27(31-9-5-7-11-33(31)35)17-18-28-24-36(34-12-8-6-10-32(28)34)40-42(3,4)38-22-26-14-16-30(38)20-26;1-11-25-41(27(3)4,28(5)6)39-37-17-13-15-33-31(21-23-35(33)37)19-20-32-22-24-36-34(32)16-14-18-38(36)40-42(26-12-2,29(7)8)30(9)10;1-7-18-32(21(2)3,22(4)5)31-30-20-25-13-9-11-15-28(25)29(30)17-16-26-23(6)19-24-12-8-10-14-27(24)26;1-20(2,18-12-13-7-8-15(18)11-13)19-17-10-9-14-5-3-4-6-16(14)17/h5-16,25-38H,17-24H2,1-4H3;11-18,27-36H,1-2,19-26H2,3-10H3;7-15,21-30H,1,16-20H2,2-6H3;3-8,13-18H,9-12H2,1-2H3. The highest BCUT2D eigenvalue weighted by atomic mass is 28.4. The molecule has 0 amide bonds. The molecule has 6 nitrogen and oxygen atoms in total. The van der Waals surface area contributed by atoms with Gasteiger partial charge < -0.3 is 26.6 Å². The van der Waals surface area contributed by atoms with Crippen LogP contribution in [0.15, 0.2) is 244 Å². The first-order chi connectivity index (χ1) is 65.3. The van der Waals surface area contributed by atoms with Crippen molar-refractivity contribution >= 4 is 49.9 Å². The molecule has 0 aromatic carbocycles. The Labute approximate surface area is 836 Å². The number of allylic oxidation sites excluding steroid dienone is 34. The van der Waals surface area contributed by atoms with E-state index >= 15 is 0 Å². The van der Waals surface area contributed by atoms with Crippen LogP contribution in [0.5, 0.6) is 0 Å². The van der Waals surface area contributed by atoms with Gasteiger partial charge >= 0.3 is 0 Å². The smallest absolute Gasteiger partial charge is 0.259 e. The molecule has 34 atom stereocenters. The Balaban J connectivity index is 0.000000130. The molecule has 20 aliphatic carbocycles. The van der Waals surface area contributed by atoms with Crippen LogP contribution < -0.4 is 0 Å². The summed E-state index contributed by atoms with van der Waals surface area (Å²) < 4.78 is 43.2. The summed E-state index contributed by atoms with van der Waals surface area (Å²) in [7, 11) is -10.9. The van der Waals surface area contributed by atoms with Gasteiger partial charge in [0, 0.05) is 35.7 Å². The molecular weight excluding hydrogens is 1750 g/mol. The Bertz CT molecular complexity index is 4450. The van der Waals surface area contributed by atoms with E-state index in [1.54, 1.807) is 0 Å². The van der Waals surface area contributed by atoms with Crippen molar-refractivity contribution in [3.05, 3.63) is 244 Å². The molecule has 12 heteroatoms. The van der Waals surface area contributed by atoms with Gasteiger partial charge in [0.05, 0.1) is 29.8 Å². The van der Waals surface area contributed by atoms with Gasteiger partial charge in [0.2, 0.25) is 8.32 Å². The number of rotatable bonds is 36. The quantitative estimate of drug-likeness (QED) is 0.0460. The summed E-state index contributed by atoms with van der Waals surface area (Å²) in [5.74, 6) is 22.1. The lowest BCUT2D eigenvalue weighted by molar-refractivity contribution is 0.117. The van der Waals surface area contributed by atoms with E-state index in [0.29, 0.717) is 129 Å². The predicted molar refractivity (Wildman–Crippen MR) is 593 cm³/mol. The Morgan fingerprint density at radius 3 is 1.02 bits per heavy atom. The van der Waals surface area contributed by atoms with E-state index in [1.807, 2.05) is 0 Å². The molecule has 0 saturated heterocycles. The van der Waals surface area contributed by atoms with Gasteiger partial charge in [-0.25, -0.2) is 0 Å². The lowest BCUT2D eigenvalue weighted by Gasteiger charge is -2.42. The van der Waals surface area contributed by atoms with Crippen molar-refractivity contribution in [2.45, 2.75) is 363 Å². The van der Waals surface area contributed by atoms with Crippen molar-refractivity contribution in [2.75, 3.05) is 0 Å². The van der Waals surface area contributed by atoms with Gasteiger partial charge in [-0.1, -0.05) is 291 Å². The maximum absolute atomic E-state index is 7.39. The fourth-order valence-electron chi connectivity index (χ4n) is 33.8. The molecule has 0 N–H and O–H groups in total. The summed E-state index contributed by atoms with van der Waals surface area (Å²) in [6.07, 6.45) is 114. The second-order valence-corrected chi connectivity index (χ2v) is 78.6. The highest BCUT2D eigenvalue weighted by molar-refractivity contribution is 6.78. The van der Waals surface area contributed by atoms with Gasteiger partial charge in [0.25, 0.3) is 16.6 Å². The van der Waals surface area contributed by atoms with E-state index in [-0.39, 0.29) is 0 Å². The van der Waals surface area contributed by atoms with E-state index in [4.69, 9.17) is 26.6 Å². The molecule has 20 aliphatic rings. The topological polar surface area (TPSA) is 55.4 Å². The summed E-state index contributed by atoms with van der Waals surface area (Å²) >= 11 is 0. The summed E-state index contributed by atoms with van der Waals surface area (Å²) in [6, 6.07) is 3.15. The van der Waals surface area contributed by atoms with Crippen LogP contribution in [0, 0.1) is 160 Å². The first kappa shape index (κ1) is 103. The molecule has 20 rings (SSSR count). The summed E-state index contributed by atoms with van der Waals surface area (Å²) in [5, 5.41) is 0. The van der Waals surface area contributed by atoms with Crippen LogP contribution in [0.25, 0.3) is 0 Å². The van der Waals surface area contributed by atoms with Gasteiger partial charge in [-0.15, -0.1) is 19.7 Å². The Kier molecular flexibility index (Phi) is 33.2. The summed E-state index contributed by atoms with van der Waals surface area (Å²) in [4.78, 5) is 0. The van der Waals surface area contributed by atoms with Gasteiger partial charge in [-0.3, -0.25) is 0 Å². The van der Waals surface area contributed by atoms with Crippen LogP contribution in [0.1, 0.15) is 231 Å². The van der Waals surface area contributed by atoms with Crippen LogP contribution in [0.2, 0.25) is 107 Å². The van der Waals surface area contributed by atoms with Gasteiger partial charge in [-0.2, -0.15) is 0 Å². The number of fused-ring (bicyclic) bond motifs is 13. The maximum Gasteiger partial charge on any atom is 0.259 e. The van der Waals surface area contributed by atoms with Crippen LogP contribution in [0.3, 0.4) is 0 Å². The van der Waals surface area contributed by atoms with Crippen molar-refractivity contribution in [2.24, 2.45) is 160 Å². The van der Waals surface area contributed by atoms with Crippen molar-refractivity contribution in [3.63, 3.8) is 0 Å². The van der Waals surface area contributed by atoms with E-state index in [2.05, 4.69) is 362 Å². The molecule has 0 spiro atoms. The SMILES string of the molecule is C=CC[Si](OC1=CC=CC2C(CCC3CCC4C(O[Si](CC=C)(C(C)C)C(C)C)=CC=CC34)CCC12)(C(C)C)C(C)C.C=CC[Si](OC1CC2C=CC=CC2C1CCC1C(C)CC2C=CC=CC21)(C(C)C)C(C)C.C[Si](C)(OC1CC(CCC2CC(O[Si](C)(C)C3CC4C=CC3C4)C3C=CC=CC23)C2C=CC=CC12)C1CC2C=CC1C2.C[Si](C)(OC1CCC2C=CC=CC21)C1CC2C=CC1C2.